The van der Waals surface area contributed by atoms with Gasteiger partial charge in [0.1, 0.15) is 11.4 Å². The molecule has 1 unspecified atom stereocenters. The standard InChI is InChI=1S/C26H27N3O/c1-14(2)19-11-16(12-20(15(3)4)25(19)30)24-21-13-28-26-23(21)18(9-10-27-26)17-7-5-6-8-22(17)29-24/h5-15,24,29-30H,1-4H3,(H,27,28). The van der Waals surface area contributed by atoms with Crippen LogP contribution in [-0.4, -0.2) is 15.1 Å². The van der Waals surface area contributed by atoms with E-state index in [2.05, 4.69) is 91.6 Å². The van der Waals surface area contributed by atoms with Crippen LogP contribution < -0.4 is 5.32 Å². The lowest BCUT2D eigenvalue weighted by Gasteiger charge is -2.24. The third kappa shape index (κ3) is 2.78. The van der Waals surface area contributed by atoms with Crippen molar-refractivity contribution in [2.24, 2.45) is 0 Å². The molecule has 0 fully saturated rings. The first-order valence-electron chi connectivity index (χ1n) is 10.6. The average molecular weight is 398 g/mol. The van der Waals surface area contributed by atoms with Crippen molar-refractivity contribution in [3.8, 4) is 16.9 Å². The van der Waals surface area contributed by atoms with Crippen LogP contribution in [0.5, 0.6) is 5.75 Å². The van der Waals surface area contributed by atoms with Crippen molar-refractivity contribution < 1.29 is 5.11 Å². The van der Waals surface area contributed by atoms with Gasteiger partial charge in [-0.2, -0.15) is 0 Å². The molecule has 5 rings (SSSR count). The first kappa shape index (κ1) is 18.7. The zero-order valence-electron chi connectivity index (χ0n) is 17.8. The highest BCUT2D eigenvalue weighted by atomic mass is 16.3. The van der Waals surface area contributed by atoms with E-state index in [9.17, 15) is 5.11 Å². The Kier molecular flexibility index (Phi) is 4.31. The number of nitrogens with zero attached hydrogens (tertiary/aromatic N) is 1. The first-order valence-corrected chi connectivity index (χ1v) is 10.6. The van der Waals surface area contributed by atoms with Gasteiger partial charge in [0.15, 0.2) is 0 Å². The van der Waals surface area contributed by atoms with Gasteiger partial charge in [-0.25, -0.2) is 4.98 Å². The molecule has 0 radical (unpaired) electrons. The van der Waals surface area contributed by atoms with E-state index in [0.717, 1.165) is 33.4 Å². The number of aromatic hydroxyl groups is 1. The highest BCUT2D eigenvalue weighted by molar-refractivity contribution is 6.01. The number of para-hydroxylation sites is 1. The fraction of sp³-hybridized carbons (Fsp3) is 0.269. The zero-order valence-corrected chi connectivity index (χ0v) is 17.8. The molecule has 1 atom stereocenters. The molecule has 0 saturated heterocycles. The summed E-state index contributed by atoms with van der Waals surface area (Å²) in [4.78, 5) is 7.93. The second-order valence-corrected chi connectivity index (χ2v) is 8.81. The maximum atomic E-state index is 10.9. The lowest BCUT2D eigenvalue weighted by Crippen LogP contribution is -2.13. The molecule has 4 nitrogen and oxygen atoms in total. The van der Waals surface area contributed by atoms with Crippen LogP contribution in [0.2, 0.25) is 0 Å². The molecule has 30 heavy (non-hydrogen) atoms. The van der Waals surface area contributed by atoms with E-state index in [1.165, 1.54) is 16.7 Å². The van der Waals surface area contributed by atoms with Crippen LogP contribution in [0.4, 0.5) is 5.69 Å². The molecule has 3 heterocycles. The monoisotopic (exact) mass is 397 g/mol. The number of aromatic nitrogens is 2. The fourth-order valence-electron chi connectivity index (χ4n) is 4.62. The van der Waals surface area contributed by atoms with E-state index in [0.29, 0.717) is 5.75 Å². The second-order valence-electron chi connectivity index (χ2n) is 8.81. The summed E-state index contributed by atoms with van der Waals surface area (Å²) in [5.41, 5.74) is 8.71. The summed E-state index contributed by atoms with van der Waals surface area (Å²) < 4.78 is 0. The number of benzene rings is 2. The van der Waals surface area contributed by atoms with E-state index in [-0.39, 0.29) is 17.9 Å². The van der Waals surface area contributed by atoms with Crippen LogP contribution >= 0.6 is 0 Å². The van der Waals surface area contributed by atoms with Gasteiger partial charge in [0.2, 0.25) is 0 Å². The minimum absolute atomic E-state index is 0.0408. The van der Waals surface area contributed by atoms with Crippen LogP contribution in [0.1, 0.15) is 67.8 Å². The molecular weight excluding hydrogens is 370 g/mol. The van der Waals surface area contributed by atoms with Crippen molar-refractivity contribution in [1.82, 2.24) is 9.97 Å². The fourth-order valence-corrected chi connectivity index (χ4v) is 4.62. The summed E-state index contributed by atoms with van der Waals surface area (Å²) in [6, 6.07) is 14.8. The van der Waals surface area contributed by atoms with Crippen LogP contribution in [-0.2, 0) is 0 Å². The van der Waals surface area contributed by atoms with Gasteiger partial charge in [0, 0.05) is 34.6 Å². The lowest BCUT2D eigenvalue weighted by molar-refractivity contribution is 0.454. The number of phenols is 1. The van der Waals surface area contributed by atoms with Crippen LogP contribution in [0.15, 0.2) is 54.9 Å². The second kappa shape index (κ2) is 6.91. The van der Waals surface area contributed by atoms with E-state index in [1.807, 2.05) is 6.20 Å². The van der Waals surface area contributed by atoms with E-state index >= 15 is 0 Å². The van der Waals surface area contributed by atoms with Crippen LogP contribution in [0, 0.1) is 0 Å². The molecule has 0 aliphatic carbocycles. The molecule has 1 aliphatic heterocycles. The summed E-state index contributed by atoms with van der Waals surface area (Å²) in [6.45, 7) is 8.53. The SMILES string of the molecule is CC(C)c1cc(C2Nc3ccccc3-c3ccnc4[nH]cc2c34)cc(C(C)C)c1O. The number of rotatable bonds is 3. The Morgan fingerprint density at radius 1 is 0.933 bits per heavy atom. The summed E-state index contributed by atoms with van der Waals surface area (Å²) >= 11 is 0. The van der Waals surface area contributed by atoms with Gasteiger partial charge in [-0.15, -0.1) is 0 Å². The summed E-state index contributed by atoms with van der Waals surface area (Å²) in [5.74, 6) is 0.903. The molecule has 4 heteroatoms. The zero-order chi connectivity index (χ0) is 21.0. The smallest absolute Gasteiger partial charge is 0.138 e. The number of fused-ring (bicyclic) bond motifs is 2. The van der Waals surface area contributed by atoms with E-state index in [4.69, 9.17) is 0 Å². The number of pyridine rings is 1. The maximum Gasteiger partial charge on any atom is 0.138 e. The average Bonchev–Trinajstić information content (AvgIpc) is 3.10. The van der Waals surface area contributed by atoms with E-state index < -0.39 is 0 Å². The van der Waals surface area contributed by atoms with Gasteiger partial charge in [-0.3, -0.25) is 0 Å². The van der Waals surface area contributed by atoms with E-state index in [1.54, 1.807) is 0 Å². The third-order valence-corrected chi connectivity index (χ3v) is 6.20. The number of hydrogen-bond donors (Lipinski definition) is 3. The minimum atomic E-state index is -0.0408. The van der Waals surface area contributed by atoms with Crippen molar-refractivity contribution in [1.29, 1.82) is 0 Å². The Morgan fingerprint density at radius 2 is 1.63 bits per heavy atom. The Labute approximate surface area is 177 Å². The Hall–Kier alpha value is -3.27. The molecule has 2 aromatic heterocycles. The maximum absolute atomic E-state index is 10.9. The molecular formula is C26H27N3O. The van der Waals surface area contributed by atoms with Crippen molar-refractivity contribution in [3.63, 3.8) is 0 Å². The number of nitrogens with one attached hydrogen (secondary N) is 2. The molecule has 3 N–H and O–H groups in total. The summed E-state index contributed by atoms with van der Waals surface area (Å²) in [7, 11) is 0. The van der Waals surface area contributed by atoms with Gasteiger partial charge in [0.25, 0.3) is 0 Å². The third-order valence-electron chi connectivity index (χ3n) is 6.20. The molecule has 0 amide bonds. The quantitative estimate of drug-likeness (QED) is 0.360. The highest BCUT2D eigenvalue weighted by Gasteiger charge is 2.27. The number of anilines is 1. The molecule has 4 aromatic rings. The number of phenolic OH excluding ortho intramolecular Hbond substituents is 1. The summed E-state index contributed by atoms with van der Waals surface area (Å²) in [5, 5.41) is 15.8. The molecule has 0 bridgehead atoms. The van der Waals surface area contributed by atoms with Crippen molar-refractivity contribution in [2.75, 3.05) is 5.32 Å². The summed E-state index contributed by atoms with van der Waals surface area (Å²) in [6.07, 6.45) is 3.94. The topological polar surface area (TPSA) is 60.9 Å². The molecule has 0 saturated carbocycles. The normalized spacial score (nSPS) is 15.3. The van der Waals surface area contributed by atoms with Gasteiger partial charge < -0.3 is 15.4 Å². The number of hydrogen-bond acceptors (Lipinski definition) is 3. The minimum Gasteiger partial charge on any atom is -0.507 e. The van der Waals surface area contributed by atoms with Crippen molar-refractivity contribution in [3.05, 3.63) is 77.1 Å². The highest BCUT2D eigenvalue weighted by Crippen LogP contribution is 2.45. The number of H-pyrrole nitrogens is 1. The molecule has 2 aromatic carbocycles. The molecule has 0 spiro atoms. The largest absolute Gasteiger partial charge is 0.507 e. The molecule has 1 aliphatic rings. The predicted molar refractivity (Wildman–Crippen MR) is 123 cm³/mol. The van der Waals surface area contributed by atoms with Gasteiger partial charge >= 0.3 is 0 Å². The van der Waals surface area contributed by atoms with Crippen LogP contribution in [0.3, 0.4) is 0 Å². The Morgan fingerprint density at radius 3 is 2.33 bits per heavy atom. The van der Waals surface area contributed by atoms with Crippen LogP contribution in [0.25, 0.3) is 22.2 Å². The number of aromatic amines is 1. The molecule has 152 valence electrons. The first-order chi connectivity index (χ1) is 14.5. The predicted octanol–water partition coefficient (Wildman–Crippen LogP) is 6.70. The van der Waals surface area contributed by atoms with Crippen molar-refractivity contribution in [2.45, 2.75) is 45.6 Å². The Balaban J connectivity index is 1.80. The van der Waals surface area contributed by atoms with Gasteiger partial charge in [0.05, 0.1) is 6.04 Å². The van der Waals surface area contributed by atoms with Gasteiger partial charge in [-0.1, -0.05) is 45.9 Å². The Bertz CT molecular complexity index is 1220. The van der Waals surface area contributed by atoms with Gasteiger partial charge in [-0.05, 0) is 58.4 Å². The van der Waals surface area contributed by atoms with Crippen molar-refractivity contribution >= 4 is 16.7 Å². The lowest BCUT2D eigenvalue weighted by atomic mass is 9.87.